The molecule has 0 aliphatic carbocycles. The minimum absolute atomic E-state index is 0.0165. The summed E-state index contributed by atoms with van der Waals surface area (Å²) in [6.45, 7) is 6.65. The van der Waals surface area contributed by atoms with E-state index in [4.69, 9.17) is 9.73 Å². The summed E-state index contributed by atoms with van der Waals surface area (Å²) in [5, 5.41) is 6.05. The molecule has 0 radical (unpaired) electrons. The third-order valence-corrected chi connectivity index (χ3v) is 4.20. The second kappa shape index (κ2) is 11.0. The van der Waals surface area contributed by atoms with E-state index in [1.54, 1.807) is 0 Å². The lowest BCUT2D eigenvalue weighted by Crippen LogP contribution is -2.38. The Labute approximate surface area is 167 Å². The summed E-state index contributed by atoms with van der Waals surface area (Å²) >= 11 is 0. The Bertz CT molecular complexity index is 785. The van der Waals surface area contributed by atoms with Crippen molar-refractivity contribution in [3.05, 3.63) is 53.9 Å². The van der Waals surface area contributed by atoms with Crippen LogP contribution in [0.1, 0.15) is 25.1 Å². The number of nitrogens with zero attached hydrogens (tertiary/aromatic N) is 3. The maximum atomic E-state index is 11.5. The number of likely N-dealkylation sites (N-methyl/N-ethyl adjacent to an activating group) is 1. The number of carbonyl (C=O) groups excluding carboxylic acids is 1. The highest BCUT2D eigenvalue weighted by Gasteiger charge is 2.08. The fourth-order valence-corrected chi connectivity index (χ4v) is 2.75. The Morgan fingerprint density at radius 1 is 1.18 bits per heavy atom. The third kappa shape index (κ3) is 6.64. The number of nitrogens with one attached hydrogen (secondary N) is 2. The molecule has 1 aromatic heterocycles. The second-order valence-corrected chi connectivity index (χ2v) is 6.53. The van der Waals surface area contributed by atoms with Crippen molar-refractivity contribution in [1.82, 2.24) is 20.1 Å². The van der Waals surface area contributed by atoms with Gasteiger partial charge in [0.15, 0.2) is 12.6 Å². The highest BCUT2D eigenvalue weighted by Crippen LogP contribution is 2.14. The molecule has 0 bridgehead atoms. The van der Waals surface area contributed by atoms with Crippen molar-refractivity contribution in [3.8, 4) is 5.75 Å². The van der Waals surface area contributed by atoms with E-state index in [-0.39, 0.29) is 12.5 Å². The zero-order valence-electron chi connectivity index (χ0n) is 17.2. The number of aryl methyl sites for hydroxylation is 1. The first kappa shape index (κ1) is 21.3. The highest BCUT2D eigenvalue weighted by molar-refractivity contribution is 5.79. The van der Waals surface area contributed by atoms with Gasteiger partial charge in [-0.05, 0) is 43.7 Å². The van der Waals surface area contributed by atoms with Gasteiger partial charge in [-0.25, -0.2) is 4.99 Å². The van der Waals surface area contributed by atoms with E-state index >= 15 is 0 Å². The van der Waals surface area contributed by atoms with Crippen LogP contribution in [0.5, 0.6) is 5.75 Å². The molecule has 7 nitrogen and oxygen atoms in total. The maximum absolute atomic E-state index is 11.5. The molecule has 2 N–H and O–H groups in total. The van der Waals surface area contributed by atoms with Crippen LogP contribution in [0.2, 0.25) is 0 Å². The molecule has 2 rings (SSSR count). The van der Waals surface area contributed by atoms with Crippen molar-refractivity contribution in [2.75, 3.05) is 26.7 Å². The predicted molar refractivity (Wildman–Crippen MR) is 112 cm³/mol. The van der Waals surface area contributed by atoms with E-state index in [1.807, 2.05) is 57.5 Å². The molecule has 1 heterocycles. The molecule has 0 aliphatic rings. The molecule has 152 valence electrons. The van der Waals surface area contributed by atoms with Gasteiger partial charge >= 0.3 is 0 Å². The molecular formula is C21H31N5O2. The van der Waals surface area contributed by atoms with Gasteiger partial charge in [-0.3, -0.25) is 4.79 Å². The third-order valence-electron chi connectivity index (χ3n) is 4.20. The minimum Gasteiger partial charge on any atom is -0.484 e. The van der Waals surface area contributed by atoms with Crippen molar-refractivity contribution in [3.63, 3.8) is 0 Å². The fraction of sp³-hybridized carbons (Fsp3) is 0.429. The molecule has 0 spiro atoms. The standard InChI is InChI=1S/C21H31N5O2/c1-5-22-20(27)16-28-19-11-7-9-17(13-19)14-24-21(23-6-2)26(4)15-18-10-8-12-25(18)3/h7-13H,5-6,14-16H2,1-4H3,(H,22,27)(H,23,24). The lowest BCUT2D eigenvalue weighted by molar-refractivity contribution is -0.122. The van der Waals surface area contributed by atoms with Gasteiger partial charge in [0.05, 0.1) is 13.1 Å². The van der Waals surface area contributed by atoms with E-state index in [0.717, 1.165) is 24.6 Å². The number of amides is 1. The first-order valence-electron chi connectivity index (χ1n) is 9.61. The summed E-state index contributed by atoms with van der Waals surface area (Å²) in [6.07, 6.45) is 2.04. The van der Waals surface area contributed by atoms with E-state index in [2.05, 4.69) is 33.1 Å². The molecule has 7 heteroatoms. The van der Waals surface area contributed by atoms with Crippen molar-refractivity contribution >= 4 is 11.9 Å². The number of ether oxygens (including phenoxy) is 1. The molecule has 0 unspecified atom stereocenters. The number of aliphatic imine (C=N–C) groups is 1. The van der Waals surface area contributed by atoms with Crippen LogP contribution in [0.4, 0.5) is 0 Å². The summed E-state index contributed by atoms with van der Waals surface area (Å²) in [5.74, 6) is 1.39. The van der Waals surface area contributed by atoms with Crippen LogP contribution in [0.3, 0.4) is 0 Å². The first-order chi connectivity index (χ1) is 13.5. The zero-order chi connectivity index (χ0) is 20.4. The van der Waals surface area contributed by atoms with Crippen molar-refractivity contribution in [1.29, 1.82) is 0 Å². The van der Waals surface area contributed by atoms with Crippen molar-refractivity contribution < 1.29 is 9.53 Å². The van der Waals surface area contributed by atoms with Crippen molar-refractivity contribution in [2.24, 2.45) is 12.0 Å². The molecule has 0 aliphatic heterocycles. The summed E-state index contributed by atoms with van der Waals surface area (Å²) in [5.41, 5.74) is 2.24. The van der Waals surface area contributed by atoms with Gasteiger partial charge < -0.3 is 24.8 Å². The van der Waals surface area contributed by atoms with Crippen LogP contribution in [0.25, 0.3) is 0 Å². The maximum Gasteiger partial charge on any atom is 0.257 e. The van der Waals surface area contributed by atoms with Gasteiger partial charge in [-0.15, -0.1) is 0 Å². The summed E-state index contributed by atoms with van der Waals surface area (Å²) < 4.78 is 7.66. The van der Waals surface area contributed by atoms with Crippen LogP contribution in [-0.4, -0.2) is 48.1 Å². The minimum atomic E-state index is -0.123. The largest absolute Gasteiger partial charge is 0.484 e. The van der Waals surface area contributed by atoms with Gasteiger partial charge in [0.25, 0.3) is 5.91 Å². The number of hydrogen-bond acceptors (Lipinski definition) is 3. The molecule has 0 atom stereocenters. The van der Waals surface area contributed by atoms with E-state index < -0.39 is 0 Å². The van der Waals surface area contributed by atoms with Crippen LogP contribution in [0.15, 0.2) is 47.6 Å². The van der Waals surface area contributed by atoms with Gasteiger partial charge in [0, 0.05) is 39.1 Å². The summed E-state index contributed by atoms with van der Waals surface area (Å²) in [4.78, 5) is 18.4. The lowest BCUT2D eigenvalue weighted by atomic mass is 10.2. The van der Waals surface area contributed by atoms with Gasteiger partial charge in [-0.2, -0.15) is 0 Å². The molecule has 0 saturated carbocycles. The Morgan fingerprint density at radius 3 is 2.64 bits per heavy atom. The smallest absolute Gasteiger partial charge is 0.257 e. The number of guanidine groups is 1. The average molecular weight is 386 g/mol. The van der Waals surface area contributed by atoms with Gasteiger partial charge in [0.2, 0.25) is 0 Å². The van der Waals surface area contributed by atoms with E-state index in [0.29, 0.717) is 18.8 Å². The SMILES string of the molecule is CCNC(=O)COc1cccc(CN=C(NCC)N(C)Cc2cccn2C)c1. The monoisotopic (exact) mass is 385 g/mol. The van der Waals surface area contributed by atoms with Crippen LogP contribution < -0.4 is 15.4 Å². The predicted octanol–water partition coefficient (Wildman–Crippen LogP) is 2.14. The lowest BCUT2D eigenvalue weighted by Gasteiger charge is -2.22. The Kier molecular flexibility index (Phi) is 8.39. The fourth-order valence-electron chi connectivity index (χ4n) is 2.75. The van der Waals surface area contributed by atoms with E-state index in [1.165, 1.54) is 5.69 Å². The topological polar surface area (TPSA) is 70.9 Å². The molecule has 28 heavy (non-hydrogen) atoms. The van der Waals surface area contributed by atoms with Crippen LogP contribution in [0, 0.1) is 0 Å². The zero-order valence-corrected chi connectivity index (χ0v) is 17.2. The highest BCUT2D eigenvalue weighted by atomic mass is 16.5. The molecule has 0 fully saturated rings. The normalized spacial score (nSPS) is 11.2. The van der Waals surface area contributed by atoms with Gasteiger partial charge in [-0.1, -0.05) is 12.1 Å². The number of aromatic nitrogens is 1. The Morgan fingerprint density at radius 2 is 1.96 bits per heavy atom. The molecule has 2 aromatic rings. The number of hydrogen-bond donors (Lipinski definition) is 2. The Balaban J connectivity index is 2.00. The first-order valence-corrected chi connectivity index (χ1v) is 9.61. The number of carbonyl (C=O) groups is 1. The van der Waals surface area contributed by atoms with Crippen molar-refractivity contribution in [2.45, 2.75) is 26.9 Å². The van der Waals surface area contributed by atoms with E-state index in [9.17, 15) is 4.79 Å². The van der Waals surface area contributed by atoms with Gasteiger partial charge in [0.1, 0.15) is 5.75 Å². The van der Waals surface area contributed by atoms with Crippen LogP contribution >= 0.6 is 0 Å². The summed E-state index contributed by atoms with van der Waals surface area (Å²) in [6, 6.07) is 11.8. The molecule has 1 aromatic carbocycles. The molecule has 0 saturated heterocycles. The number of benzene rings is 1. The molecule has 1 amide bonds. The quantitative estimate of drug-likeness (QED) is 0.512. The second-order valence-electron chi connectivity index (χ2n) is 6.53. The van der Waals surface area contributed by atoms with Crippen LogP contribution in [-0.2, 0) is 24.9 Å². The number of rotatable bonds is 9. The Hall–Kier alpha value is -2.96. The molecular weight excluding hydrogens is 354 g/mol. The summed E-state index contributed by atoms with van der Waals surface area (Å²) in [7, 11) is 4.07. The average Bonchev–Trinajstić information content (AvgIpc) is 3.08.